The molecule has 4 nitrogen and oxygen atoms in total. The lowest BCUT2D eigenvalue weighted by Gasteiger charge is -2.36. The molecule has 22 heavy (non-hydrogen) atoms. The van der Waals surface area contributed by atoms with E-state index in [1.54, 1.807) is 0 Å². The maximum absolute atomic E-state index is 12.1. The molecule has 0 amide bonds. The Hall–Kier alpha value is -0.270. The summed E-state index contributed by atoms with van der Waals surface area (Å²) < 4.78 is 10.8. The third-order valence-corrected chi connectivity index (χ3v) is 6.60. The molecule has 0 bridgehead atoms. The SMILES string of the molecule is CSc1nsc(SCC(=O)O[C@@H]2C[C@H](C)CC[C@@H]2C(C)C)n1. The second-order valence-electron chi connectivity index (χ2n) is 6.19. The third kappa shape index (κ3) is 5.13. The molecule has 0 aliphatic heterocycles. The van der Waals surface area contributed by atoms with Gasteiger partial charge < -0.3 is 4.74 Å². The van der Waals surface area contributed by atoms with Crippen LogP contribution < -0.4 is 0 Å². The zero-order valence-corrected chi connectivity index (χ0v) is 16.0. The quantitative estimate of drug-likeness (QED) is 0.555. The number of hydrogen-bond donors (Lipinski definition) is 0. The van der Waals surface area contributed by atoms with Crippen molar-refractivity contribution < 1.29 is 9.53 Å². The van der Waals surface area contributed by atoms with Crippen LogP contribution in [0, 0.1) is 17.8 Å². The number of thioether (sulfide) groups is 2. The fourth-order valence-corrected chi connectivity index (χ4v) is 4.90. The van der Waals surface area contributed by atoms with E-state index in [9.17, 15) is 4.79 Å². The van der Waals surface area contributed by atoms with Crippen molar-refractivity contribution in [2.24, 2.45) is 17.8 Å². The third-order valence-electron chi connectivity index (χ3n) is 4.13. The maximum Gasteiger partial charge on any atom is 0.316 e. The molecule has 1 fully saturated rings. The van der Waals surface area contributed by atoms with Crippen molar-refractivity contribution >= 4 is 41.0 Å². The van der Waals surface area contributed by atoms with Gasteiger partial charge in [-0.25, -0.2) is 4.98 Å². The van der Waals surface area contributed by atoms with Crippen molar-refractivity contribution in [3.8, 4) is 0 Å². The molecule has 3 atom stereocenters. The van der Waals surface area contributed by atoms with Gasteiger partial charge in [0.05, 0.1) is 5.75 Å². The van der Waals surface area contributed by atoms with Crippen LogP contribution in [0.15, 0.2) is 9.50 Å². The number of esters is 1. The van der Waals surface area contributed by atoms with Crippen LogP contribution in [-0.4, -0.2) is 33.4 Å². The van der Waals surface area contributed by atoms with Crippen molar-refractivity contribution in [3.05, 3.63) is 0 Å². The van der Waals surface area contributed by atoms with Crippen LogP contribution >= 0.6 is 35.1 Å². The van der Waals surface area contributed by atoms with Crippen molar-refractivity contribution in [1.29, 1.82) is 0 Å². The summed E-state index contributed by atoms with van der Waals surface area (Å²) >= 11 is 4.28. The molecule has 1 aliphatic carbocycles. The van der Waals surface area contributed by atoms with Gasteiger partial charge in [-0.2, -0.15) is 4.37 Å². The number of hydrogen-bond acceptors (Lipinski definition) is 7. The average molecular weight is 361 g/mol. The fourth-order valence-electron chi connectivity index (χ4n) is 2.91. The first-order chi connectivity index (χ1) is 10.5. The predicted molar refractivity (Wildman–Crippen MR) is 93.6 cm³/mol. The monoisotopic (exact) mass is 360 g/mol. The van der Waals surface area contributed by atoms with E-state index in [1.807, 2.05) is 6.26 Å². The Kier molecular flexibility index (Phi) is 7.02. The fraction of sp³-hybridized carbons (Fsp3) is 0.800. The van der Waals surface area contributed by atoms with E-state index in [-0.39, 0.29) is 12.1 Å². The van der Waals surface area contributed by atoms with E-state index < -0.39 is 0 Å². The number of aromatic nitrogens is 2. The van der Waals surface area contributed by atoms with E-state index in [0.29, 0.717) is 23.5 Å². The molecule has 0 unspecified atom stereocenters. The van der Waals surface area contributed by atoms with Gasteiger partial charge in [0.25, 0.3) is 0 Å². The molecular formula is C15H24N2O2S3. The van der Waals surface area contributed by atoms with Gasteiger partial charge >= 0.3 is 5.97 Å². The number of rotatable bonds is 6. The summed E-state index contributed by atoms with van der Waals surface area (Å²) in [6.45, 7) is 6.69. The highest BCUT2D eigenvalue weighted by atomic mass is 32.2. The highest BCUT2D eigenvalue weighted by Gasteiger charge is 2.33. The lowest BCUT2D eigenvalue weighted by Crippen LogP contribution is -2.36. The van der Waals surface area contributed by atoms with Crippen LogP contribution in [0.3, 0.4) is 0 Å². The predicted octanol–water partition coefficient (Wildman–Crippen LogP) is 4.36. The number of nitrogens with zero attached hydrogens (tertiary/aromatic N) is 2. The molecular weight excluding hydrogens is 336 g/mol. The molecule has 0 saturated heterocycles. The lowest BCUT2D eigenvalue weighted by atomic mass is 9.75. The first kappa shape index (κ1) is 18.1. The Morgan fingerprint density at radius 3 is 2.86 bits per heavy atom. The lowest BCUT2D eigenvalue weighted by molar-refractivity contribution is -0.152. The summed E-state index contributed by atoms with van der Waals surface area (Å²) in [5.41, 5.74) is 0. The van der Waals surface area contributed by atoms with Crippen LogP contribution in [0.4, 0.5) is 0 Å². The number of ether oxygens (including phenoxy) is 1. The molecule has 0 radical (unpaired) electrons. The van der Waals surface area contributed by atoms with Crippen molar-refractivity contribution in [2.45, 2.75) is 55.6 Å². The van der Waals surface area contributed by atoms with Gasteiger partial charge in [-0.3, -0.25) is 4.79 Å². The zero-order chi connectivity index (χ0) is 16.1. The van der Waals surface area contributed by atoms with Crippen molar-refractivity contribution in [3.63, 3.8) is 0 Å². The standard InChI is InChI=1S/C15H24N2O2S3/c1-9(2)11-6-5-10(3)7-12(11)19-13(18)8-21-15-16-14(20-4)17-22-15/h9-12H,5-8H2,1-4H3/t10-,11-,12-/m1/s1. The smallest absolute Gasteiger partial charge is 0.316 e. The van der Waals surface area contributed by atoms with Crippen molar-refractivity contribution in [1.82, 2.24) is 9.36 Å². The summed E-state index contributed by atoms with van der Waals surface area (Å²) in [4.78, 5) is 16.5. The molecule has 0 spiro atoms. The summed E-state index contributed by atoms with van der Waals surface area (Å²) in [6, 6.07) is 0. The van der Waals surface area contributed by atoms with E-state index >= 15 is 0 Å². The van der Waals surface area contributed by atoms with Crippen LogP contribution in [0.25, 0.3) is 0 Å². The van der Waals surface area contributed by atoms with E-state index in [0.717, 1.165) is 22.3 Å². The highest BCUT2D eigenvalue weighted by molar-refractivity contribution is 8.01. The number of carbonyl (C=O) groups excluding carboxylic acids is 1. The Labute approximate surface area is 145 Å². The molecule has 0 N–H and O–H groups in total. The summed E-state index contributed by atoms with van der Waals surface area (Å²) in [6.07, 6.45) is 5.43. The van der Waals surface area contributed by atoms with Gasteiger partial charge in [-0.05, 0) is 48.4 Å². The summed E-state index contributed by atoms with van der Waals surface area (Å²) in [5.74, 6) is 1.89. The Balaban J connectivity index is 1.84. The topological polar surface area (TPSA) is 52.1 Å². The molecule has 1 aromatic heterocycles. The van der Waals surface area contributed by atoms with E-state index in [1.165, 1.54) is 41.5 Å². The normalized spacial score (nSPS) is 25.4. The molecule has 1 aromatic rings. The Bertz CT molecular complexity index is 493. The van der Waals surface area contributed by atoms with Crippen LogP contribution in [0.2, 0.25) is 0 Å². The molecule has 1 saturated carbocycles. The first-order valence-corrected chi connectivity index (χ1v) is 10.7. The first-order valence-electron chi connectivity index (χ1n) is 7.69. The van der Waals surface area contributed by atoms with Crippen LogP contribution in [0.1, 0.15) is 40.0 Å². The second kappa shape index (κ2) is 8.55. The van der Waals surface area contributed by atoms with Gasteiger partial charge in [0.2, 0.25) is 5.16 Å². The molecule has 124 valence electrons. The largest absolute Gasteiger partial charge is 0.461 e. The highest BCUT2D eigenvalue weighted by Crippen LogP contribution is 2.35. The maximum atomic E-state index is 12.1. The number of carbonyl (C=O) groups is 1. The van der Waals surface area contributed by atoms with Gasteiger partial charge in [0.15, 0.2) is 4.34 Å². The minimum Gasteiger partial charge on any atom is -0.461 e. The van der Waals surface area contributed by atoms with E-state index in [2.05, 4.69) is 30.1 Å². The van der Waals surface area contributed by atoms with E-state index in [4.69, 9.17) is 4.74 Å². The summed E-state index contributed by atoms with van der Waals surface area (Å²) in [7, 11) is 0. The average Bonchev–Trinajstić information content (AvgIpc) is 2.93. The second-order valence-corrected chi connectivity index (χ2v) is 8.94. The zero-order valence-electron chi connectivity index (χ0n) is 13.6. The van der Waals surface area contributed by atoms with Gasteiger partial charge in [0.1, 0.15) is 6.10 Å². The summed E-state index contributed by atoms with van der Waals surface area (Å²) in [5, 5.41) is 0.766. The molecule has 2 rings (SSSR count). The van der Waals surface area contributed by atoms with Crippen molar-refractivity contribution in [2.75, 3.05) is 12.0 Å². The van der Waals surface area contributed by atoms with Gasteiger partial charge in [0, 0.05) is 0 Å². The van der Waals surface area contributed by atoms with Gasteiger partial charge in [-0.15, -0.1) is 0 Å². The minimum absolute atomic E-state index is 0.0769. The Morgan fingerprint density at radius 2 is 2.23 bits per heavy atom. The molecule has 1 heterocycles. The minimum atomic E-state index is -0.129. The van der Waals surface area contributed by atoms with Crippen LogP contribution in [0.5, 0.6) is 0 Å². The molecule has 1 aliphatic rings. The van der Waals surface area contributed by atoms with Crippen LogP contribution in [-0.2, 0) is 9.53 Å². The molecule has 7 heteroatoms. The molecule has 0 aromatic carbocycles. The Morgan fingerprint density at radius 1 is 1.45 bits per heavy atom. The van der Waals surface area contributed by atoms with Gasteiger partial charge in [-0.1, -0.05) is 50.7 Å².